The fourth-order valence-corrected chi connectivity index (χ4v) is 1.75. The molecule has 0 spiro atoms. The minimum Gasteiger partial charge on any atom is -0.370 e. The van der Waals surface area contributed by atoms with Gasteiger partial charge in [0.15, 0.2) is 0 Å². The number of aromatic nitrogens is 2. The molecule has 0 saturated carbocycles. The third kappa shape index (κ3) is 2.70. The first-order valence-corrected chi connectivity index (χ1v) is 5.69. The molecule has 1 atom stereocenters. The van der Waals surface area contributed by atoms with Crippen LogP contribution in [0, 0.1) is 22.9 Å². The van der Waals surface area contributed by atoms with Crippen molar-refractivity contribution in [3.8, 4) is 0 Å². The van der Waals surface area contributed by atoms with E-state index in [-0.39, 0.29) is 17.4 Å². The van der Waals surface area contributed by atoms with Gasteiger partial charge in [-0.1, -0.05) is 0 Å². The smallest absolute Gasteiger partial charge is 0.295 e. The topological polar surface area (TPSA) is 83.8 Å². The van der Waals surface area contributed by atoms with Crippen LogP contribution in [0.4, 0.5) is 15.8 Å². The molecule has 1 aromatic heterocycles. The van der Waals surface area contributed by atoms with E-state index in [4.69, 9.17) is 0 Å². The van der Waals surface area contributed by atoms with Gasteiger partial charge in [-0.25, -0.2) is 9.37 Å². The molecule has 19 heavy (non-hydrogen) atoms. The number of nitrogens with one attached hydrogen (secondary N) is 2. The van der Waals surface area contributed by atoms with E-state index < -0.39 is 10.7 Å². The number of hydrogen-bond donors (Lipinski definition) is 2. The lowest BCUT2D eigenvalue weighted by Crippen LogP contribution is -2.10. The molecule has 2 rings (SSSR count). The van der Waals surface area contributed by atoms with Gasteiger partial charge in [0, 0.05) is 12.4 Å². The number of nitro benzene ring substituents is 1. The number of imidazole rings is 1. The van der Waals surface area contributed by atoms with Crippen LogP contribution in [0.2, 0.25) is 0 Å². The molecule has 1 heterocycles. The molecule has 1 unspecified atom stereocenters. The highest BCUT2D eigenvalue weighted by Crippen LogP contribution is 2.30. The normalized spacial score (nSPS) is 12.2. The number of benzene rings is 1. The fourth-order valence-electron chi connectivity index (χ4n) is 1.75. The van der Waals surface area contributed by atoms with E-state index in [9.17, 15) is 14.5 Å². The predicted molar refractivity (Wildman–Crippen MR) is 68.4 cm³/mol. The molecule has 100 valence electrons. The summed E-state index contributed by atoms with van der Waals surface area (Å²) in [5, 5.41) is 13.9. The minimum absolute atomic E-state index is 0.251. The largest absolute Gasteiger partial charge is 0.370 e. The highest BCUT2D eigenvalue weighted by Gasteiger charge is 2.19. The van der Waals surface area contributed by atoms with Crippen molar-refractivity contribution in [1.82, 2.24) is 9.97 Å². The Kier molecular flexibility index (Phi) is 3.46. The molecule has 0 saturated heterocycles. The van der Waals surface area contributed by atoms with Crippen molar-refractivity contribution in [2.24, 2.45) is 0 Å². The van der Waals surface area contributed by atoms with Crippen molar-refractivity contribution in [1.29, 1.82) is 0 Å². The van der Waals surface area contributed by atoms with Gasteiger partial charge in [0.25, 0.3) is 5.69 Å². The number of nitro groups is 1. The second-order valence-electron chi connectivity index (χ2n) is 4.22. The monoisotopic (exact) mass is 264 g/mol. The van der Waals surface area contributed by atoms with Crippen molar-refractivity contribution in [3.63, 3.8) is 0 Å². The van der Waals surface area contributed by atoms with Crippen molar-refractivity contribution in [3.05, 3.63) is 51.8 Å². The Hall–Kier alpha value is -2.44. The summed E-state index contributed by atoms with van der Waals surface area (Å²) in [5.41, 5.74) is 0.328. The maximum absolute atomic E-state index is 13.4. The molecular formula is C12H13FN4O2. The molecule has 0 amide bonds. The predicted octanol–water partition coefficient (Wildman–Crippen LogP) is 2.94. The Balaban J connectivity index is 2.33. The zero-order chi connectivity index (χ0) is 14.0. The van der Waals surface area contributed by atoms with E-state index in [2.05, 4.69) is 15.3 Å². The average molecular weight is 264 g/mol. The quantitative estimate of drug-likeness (QED) is 0.656. The third-order valence-electron chi connectivity index (χ3n) is 2.78. The maximum atomic E-state index is 13.4. The number of H-pyrrole nitrogens is 1. The highest BCUT2D eigenvalue weighted by atomic mass is 19.1. The van der Waals surface area contributed by atoms with Gasteiger partial charge in [-0.15, -0.1) is 0 Å². The second kappa shape index (κ2) is 5.05. The first kappa shape index (κ1) is 13.0. The maximum Gasteiger partial charge on any atom is 0.295 e. The number of anilines is 1. The van der Waals surface area contributed by atoms with Gasteiger partial charge in [-0.3, -0.25) is 10.1 Å². The van der Waals surface area contributed by atoms with Crippen LogP contribution in [0.25, 0.3) is 0 Å². The molecule has 2 aromatic rings. The van der Waals surface area contributed by atoms with Crippen molar-refractivity contribution < 1.29 is 9.31 Å². The van der Waals surface area contributed by atoms with E-state index in [1.807, 2.05) is 0 Å². The van der Waals surface area contributed by atoms with E-state index in [1.54, 1.807) is 26.2 Å². The zero-order valence-corrected chi connectivity index (χ0v) is 10.5. The first-order valence-electron chi connectivity index (χ1n) is 5.69. The van der Waals surface area contributed by atoms with Gasteiger partial charge in [0.1, 0.15) is 17.3 Å². The van der Waals surface area contributed by atoms with Gasteiger partial charge >= 0.3 is 0 Å². The summed E-state index contributed by atoms with van der Waals surface area (Å²) in [6.07, 6.45) is 3.26. The van der Waals surface area contributed by atoms with E-state index >= 15 is 0 Å². The lowest BCUT2D eigenvalue weighted by Gasteiger charge is -2.13. The second-order valence-corrected chi connectivity index (χ2v) is 4.22. The molecule has 6 nitrogen and oxygen atoms in total. The van der Waals surface area contributed by atoms with E-state index in [1.165, 1.54) is 6.07 Å². The van der Waals surface area contributed by atoms with Crippen molar-refractivity contribution in [2.45, 2.75) is 19.9 Å². The summed E-state index contributed by atoms with van der Waals surface area (Å²) in [4.78, 5) is 17.3. The summed E-state index contributed by atoms with van der Waals surface area (Å²) in [7, 11) is 0. The van der Waals surface area contributed by atoms with Crippen LogP contribution in [0.1, 0.15) is 24.4 Å². The number of halogens is 1. The lowest BCUT2D eigenvalue weighted by atomic mass is 10.1. The Morgan fingerprint density at radius 3 is 2.84 bits per heavy atom. The highest BCUT2D eigenvalue weighted by molar-refractivity contribution is 5.63. The SMILES string of the molecule is Cc1cc(NC(C)c2ncc[nH]2)c([N+](=O)[O-])cc1F. The number of aromatic amines is 1. The van der Waals surface area contributed by atoms with Crippen LogP contribution in [0.5, 0.6) is 0 Å². The lowest BCUT2D eigenvalue weighted by molar-refractivity contribution is -0.384. The molecule has 0 radical (unpaired) electrons. The number of hydrogen-bond acceptors (Lipinski definition) is 4. The number of aryl methyl sites for hydroxylation is 1. The van der Waals surface area contributed by atoms with E-state index in [0.29, 0.717) is 11.4 Å². The van der Waals surface area contributed by atoms with Crippen LogP contribution in [0.3, 0.4) is 0 Å². The first-order chi connectivity index (χ1) is 8.99. The van der Waals surface area contributed by atoms with Crippen LogP contribution in [0.15, 0.2) is 24.5 Å². The van der Waals surface area contributed by atoms with Crippen LogP contribution < -0.4 is 5.32 Å². The molecule has 2 N–H and O–H groups in total. The van der Waals surface area contributed by atoms with Crippen molar-refractivity contribution in [2.75, 3.05) is 5.32 Å². The summed E-state index contributed by atoms with van der Waals surface area (Å²) < 4.78 is 13.4. The summed E-state index contributed by atoms with van der Waals surface area (Å²) in [6, 6.07) is 2.10. The Morgan fingerprint density at radius 2 is 2.26 bits per heavy atom. The summed E-state index contributed by atoms with van der Waals surface area (Å²) in [6.45, 7) is 3.36. The average Bonchev–Trinajstić information content (AvgIpc) is 2.86. The Labute approximate surface area is 108 Å². The van der Waals surface area contributed by atoms with Gasteiger partial charge < -0.3 is 10.3 Å². The van der Waals surface area contributed by atoms with E-state index in [0.717, 1.165) is 6.07 Å². The van der Waals surface area contributed by atoms with Crippen LogP contribution >= 0.6 is 0 Å². The van der Waals surface area contributed by atoms with Gasteiger partial charge in [0.05, 0.1) is 17.0 Å². The van der Waals surface area contributed by atoms with Gasteiger partial charge in [-0.05, 0) is 25.5 Å². The molecule has 0 aliphatic carbocycles. The van der Waals surface area contributed by atoms with Crippen molar-refractivity contribution >= 4 is 11.4 Å². The Bertz CT molecular complexity index is 598. The van der Waals surface area contributed by atoms with Gasteiger partial charge in [-0.2, -0.15) is 0 Å². The van der Waals surface area contributed by atoms with Gasteiger partial charge in [0.2, 0.25) is 0 Å². The fraction of sp³-hybridized carbons (Fsp3) is 0.250. The molecule has 0 fully saturated rings. The Morgan fingerprint density at radius 1 is 1.53 bits per heavy atom. The summed E-state index contributed by atoms with van der Waals surface area (Å²) >= 11 is 0. The van der Waals surface area contributed by atoms with Crippen LogP contribution in [-0.4, -0.2) is 14.9 Å². The summed E-state index contributed by atoms with van der Waals surface area (Å²) in [5.74, 6) is 0.0548. The molecule has 0 aliphatic rings. The molecule has 7 heteroatoms. The minimum atomic E-state index is -0.611. The standard InChI is InChI=1S/C12H13FN4O2/c1-7-5-10(11(17(18)19)6-9(7)13)16-8(2)12-14-3-4-15-12/h3-6,8,16H,1-2H3,(H,14,15). The molecule has 0 bridgehead atoms. The number of nitrogens with zero attached hydrogens (tertiary/aromatic N) is 2. The van der Waals surface area contributed by atoms with Crippen LogP contribution in [-0.2, 0) is 0 Å². The third-order valence-corrected chi connectivity index (χ3v) is 2.78. The molecular weight excluding hydrogens is 251 g/mol. The molecule has 0 aliphatic heterocycles. The molecule has 1 aromatic carbocycles. The number of rotatable bonds is 4. The zero-order valence-electron chi connectivity index (χ0n) is 10.5.